The van der Waals surface area contributed by atoms with Crippen LogP contribution in [0.1, 0.15) is 45.6 Å². The van der Waals surface area contributed by atoms with Gasteiger partial charge in [0.25, 0.3) is 11.8 Å². The van der Waals surface area contributed by atoms with Crippen LogP contribution >= 0.6 is 0 Å². The molecule has 340 valence electrons. The number of carboxylic acids is 1. The number of nitrogens with one attached hydrogen (secondary N) is 3. The molecule has 2 aliphatic heterocycles. The van der Waals surface area contributed by atoms with Gasteiger partial charge in [0.2, 0.25) is 24.0 Å². The third-order valence-corrected chi connectivity index (χ3v) is 8.65. The number of carbonyl (C=O) groups excluding carboxylic acids is 6. The first-order valence-corrected chi connectivity index (χ1v) is 19.5. The first-order valence-electron chi connectivity index (χ1n) is 19.5. The van der Waals surface area contributed by atoms with E-state index in [1.165, 1.54) is 18.2 Å². The highest BCUT2D eigenvalue weighted by molar-refractivity contribution is 6.13. The van der Waals surface area contributed by atoms with Gasteiger partial charge in [-0.3, -0.25) is 33.7 Å². The molecule has 22 heteroatoms. The summed E-state index contributed by atoms with van der Waals surface area (Å²) in [5.74, 6) is -4.32. The minimum Gasteiger partial charge on any atom is -0.479 e. The SMILES string of the molecule is CC(C)(C)C(=O)OCc1ccc(O[C@@H]2O[C@H](C(=O)O)[C@@H](O)[C@H](O)[C@H]2O)c(NC(=O)CCNC(=O)CCOCCOCCOCCOCCNC(=O)CCN2C(=O)C=CC2=O)c1. The highest BCUT2D eigenvalue weighted by atomic mass is 16.7. The molecule has 0 unspecified atom stereocenters. The van der Waals surface area contributed by atoms with Crippen LogP contribution in [0.5, 0.6) is 5.75 Å². The van der Waals surface area contributed by atoms with Gasteiger partial charge in [0.05, 0.1) is 64.0 Å². The summed E-state index contributed by atoms with van der Waals surface area (Å²) in [5, 5.41) is 47.9. The van der Waals surface area contributed by atoms with Crippen LogP contribution in [-0.4, -0.2) is 170 Å². The van der Waals surface area contributed by atoms with Crippen LogP contribution in [0.15, 0.2) is 30.4 Å². The van der Waals surface area contributed by atoms with Gasteiger partial charge in [-0.05, 0) is 38.5 Å². The Labute approximate surface area is 351 Å². The number of nitrogens with zero attached hydrogens (tertiary/aromatic N) is 1. The lowest BCUT2D eigenvalue weighted by Gasteiger charge is -2.38. The number of carboxylic acid groups (broad SMARTS) is 1. The third kappa shape index (κ3) is 17.8. The summed E-state index contributed by atoms with van der Waals surface area (Å²) in [5.41, 5.74) is -0.334. The average molecular weight is 869 g/mol. The van der Waals surface area contributed by atoms with Gasteiger partial charge in [0, 0.05) is 51.0 Å². The second-order valence-electron chi connectivity index (χ2n) is 14.6. The molecule has 61 heavy (non-hydrogen) atoms. The van der Waals surface area contributed by atoms with Crippen molar-refractivity contribution in [2.24, 2.45) is 5.41 Å². The van der Waals surface area contributed by atoms with Crippen molar-refractivity contribution in [2.75, 3.05) is 77.8 Å². The number of benzene rings is 1. The van der Waals surface area contributed by atoms with E-state index in [9.17, 15) is 54.0 Å². The number of rotatable bonds is 27. The van der Waals surface area contributed by atoms with Crippen LogP contribution in [0.3, 0.4) is 0 Å². The fourth-order valence-corrected chi connectivity index (χ4v) is 5.27. The third-order valence-electron chi connectivity index (χ3n) is 8.65. The van der Waals surface area contributed by atoms with Gasteiger partial charge in [0.1, 0.15) is 30.7 Å². The monoisotopic (exact) mass is 868 g/mol. The fraction of sp³-hybridized carbons (Fsp3) is 0.615. The van der Waals surface area contributed by atoms with Crippen molar-refractivity contribution < 1.29 is 87.1 Å². The normalized spacial score (nSPS) is 20.0. The summed E-state index contributed by atoms with van der Waals surface area (Å²) in [6, 6.07) is 4.26. The van der Waals surface area contributed by atoms with E-state index in [4.69, 9.17) is 33.2 Å². The van der Waals surface area contributed by atoms with Gasteiger partial charge in [-0.25, -0.2) is 4.79 Å². The van der Waals surface area contributed by atoms with Gasteiger partial charge < -0.3 is 69.5 Å². The van der Waals surface area contributed by atoms with Crippen molar-refractivity contribution in [1.29, 1.82) is 0 Å². The van der Waals surface area contributed by atoms with E-state index in [0.717, 1.165) is 17.1 Å². The Morgan fingerprint density at radius 2 is 1.30 bits per heavy atom. The molecule has 1 saturated heterocycles. The molecule has 0 bridgehead atoms. The number of ether oxygens (including phenoxy) is 7. The number of imide groups is 1. The Hall–Kier alpha value is -5.07. The summed E-state index contributed by atoms with van der Waals surface area (Å²) >= 11 is 0. The van der Waals surface area contributed by atoms with Crippen LogP contribution in [0.2, 0.25) is 0 Å². The van der Waals surface area contributed by atoms with Crippen molar-refractivity contribution in [3.8, 4) is 5.75 Å². The van der Waals surface area contributed by atoms with Gasteiger partial charge >= 0.3 is 11.9 Å². The van der Waals surface area contributed by atoms with Crippen molar-refractivity contribution in [1.82, 2.24) is 15.5 Å². The van der Waals surface area contributed by atoms with E-state index in [2.05, 4.69) is 16.0 Å². The quantitative estimate of drug-likeness (QED) is 0.0297. The molecule has 0 aliphatic carbocycles. The molecule has 5 atom stereocenters. The van der Waals surface area contributed by atoms with Crippen molar-refractivity contribution >= 4 is 47.2 Å². The predicted molar refractivity (Wildman–Crippen MR) is 208 cm³/mol. The molecule has 5 amide bonds. The molecule has 0 aromatic heterocycles. The first-order chi connectivity index (χ1) is 29.0. The maximum Gasteiger partial charge on any atom is 0.335 e. The molecule has 0 radical (unpaired) electrons. The molecule has 0 saturated carbocycles. The van der Waals surface area contributed by atoms with E-state index >= 15 is 0 Å². The highest BCUT2D eigenvalue weighted by Gasteiger charge is 2.48. The molecule has 3 rings (SSSR count). The number of esters is 1. The van der Waals surface area contributed by atoms with Crippen LogP contribution in [0.25, 0.3) is 0 Å². The number of carbonyl (C=O) groups is 7. The van der Waals surface area contributed by atoms with Gasteiger partial charge in [0.15, 0.2) is 6.10 Å². The number of anilines is 1. The molecule has 1 fully saturated rings. The fourth-order valence-electron chi connectivity index (χ4n) is 5.27. The second-order valence-corrected chi connectivity index (χ2v) is 14.6. The van der Waals surface area contributed by atoms with Gasteiger partial charge in [-0.1, -0.05) is 6.07 Å². The van der Waals surface area contributed by atoms with Gasteiger partial charge in [-0.2, -0.15) is 0 Å². The van der Waals surface area contributed by atoms with E-state index in [1.807, 2.05) is 0 Å². The summed E-state index contributed by atoms with van der Waals surface area (Å²) in [6.07, 6.45) is -7.26. The largest absolute Gasteiger partial charge is 0.479 e. The molecular formula is C39H56N4O18. The summed E-state index contributed by atoms with van der Waals surface area (Å²) < 4.78 is 37.8. The van der Waals surface area contributed by atoms with Crippen LogP contribution in [-0.2, 0) is 68.6 Å². The molecule has 22 nitrogen and oxygen atoms in total. The van der Waals surface area contributed by atoms with Crippen LogP contribution < -0.4 is 20.7 Å². The Morgan fingerprint density at radius 1 is 0.721 bits per heavy atom. The summed E-state index contributed by atoms with van der Waals surface area (Å²) in [7, 11) is 0. The maximum atomic E-state index is 12.9. The topological polar surface area (TPSA) is 304 Å². The smallest absolute Gasteiger partial charge is 0.335 e. The zero-order valence-corrected chi connectivity index (χ0v) is 34.3. The molecule has 7 N–H and O–H groups in total. The predicted octanol–water partition coefficient (Wildman–Crippen LogP) is -1.62. The molecule has 1 aromatic rings. The van der Waals surface area contributed by atoms with E-state index in [-0.39, 0.29) is 95.2 Å². The van der Waals surface area contributed by atoms with Crippen LogP contribution in [0, 0.1) is 5.41 Å². The highest BCUT2D eigenvalue weighted by Crippen LogP contribution is 2.31. The number of hydrogen-bond acceptors (Lipinski definition) is 17. The zero-order valence-electron chi connectivity index (χ0n) is 34.3. The second kappa shape index (κ2) is 25.6. The zero-order chi connectivity index (χ0) is 45.0. The molecule has 1 aromatic carbocycles. The van der Waals surface area contributed by atoms with E-state index in [0.29, 0.717) is 32.0 Å². The molecular weight excluding hydrogens is 812 g/mol. The van der Waals surface area contributed by atoms with Crippen LogP contribution in [0.4, 0.5) is 5.69 Å². The molecule has 0 spiro atoms. The minimum absolute atomic E-state index is 0.00226. The number of aliphatic hydroxyl groups is 3. The van der Waals surface area contributed by atoms with E-state index < -0.39 is 65.8 Å². The lowest BCUT2D eigenvalue weighted by Crippen LogP contribution is -2.61. The van der Waals surface area contributed by atoms with E-state index in [1.54, 1.807) is 20.8 Å². The standard InChI is InChI=1S/C39H56N4O18/c1-39(2,3)38(54)59-23-24-4-5-26(60-37-34(51)32(49)33(50)35(61-37)36(52)53)25(22-24)42-29(46)8-11-40-28(45)10-14-55-16-18-57-20-21-58-19-17-56-15-12-41-27(44)9-13-43-30(47)6-7-31(43)48/h4-7,22,32-35,37,49-51H,8-21,23H2,1-3H3,(H,40,45)(H,41,44)(H,42,46)(H,52,53)/t32-,33-,34+,35-,37+/m0/s1. The Morgan fingerprint density at radius 3 is 1.90 bits per heavy atom. The number of aliphatic carboxylic acids is 1. The van der Waals surface area contributed by atoms with Crippen molar-refractivity contribution in [3.63, 3.8) is 0 Å². The number of hydrogen-bond donors (Lipinski definition) is 7. The Bertz CT molecular complexity index is 1670. The Balaban J connectivity index is 1.27. The lowest BCUT2D eigenvalue weighted by molar-refractivity contribution is -0.271. The average Bonchev–Trinajstić information content (AvgIpc) is 3.53. The minimum atomic E-state index is -1.94. The maximum absolute atomic E-state index is 12.9. The summed E-state index contributed by atoms with van der Waals surface area (Å²) in [4.78, 5) is 84.9. The number of amides is 5. The Kier molecular flexibility index (Phi) is 21.1. The first kappa shape index (κ1) is 50.3. The van der Waals surface area contributed by atoms with Gasteiger partial charge in [-0.15, -0.1) is 0 Å². The summed E-state index contributed by atoms with van der Waals surface area (Å²) in [6.45, 7) is 7.17. The van der Waals surface area contributed by atoms with Crippen molar-refractivity contribution in [2.45, 2.75) is 77.3 Å². The molecule has 2 aliphatic rings. The number of aliphatic hydroxyl groups excluding tert-OH is 3. The van der Waals surface area contributed by atoms with Crippen molar-refractivity contribution in [3.05, 3.63) is 35.9 Å². The lowest BCUT2D eigenvalue weighted by atomic mass is 9.97. The molecule has 2 heterocycles.